The number of nitrogens with zero attached hydrogens (tertiary/aromatic N) is 2. The maximum atomic E-state index is 13.8. The topological polar surface area (TPSA) is 44.1 Å². The summed E-state index contributed by atoms with van der Waals surface area (Å²) in [4.78, 5) is 18.4. The van der Waals surface area contributed by atoms with Crippen molar-refractivity contribution >= 4 is 21.7 Å². The average Bonchev–Trinajstić information content (AvgIpc) is 2.80. The van der Waals surface area contributed by atoms with Crippen LogP contribution in [0.2, 0.25) is 0 Å². The van der Waals surface area contributed by atoms with Gasteiger partial charge in [0.25, 0.3) is 5.56 Å². The van der Waals surface area contributed by atoms with Gasteiger partial charge in [-0.2, -0.15) is 0 Å². The van der Waals surface area contributed by atoms with Crippen molar-refractivity contribution in [2.75, 3.05) is 7.11 Å². The number of hydrogen-bond acceptors (Lipinski definition) is 3. The third kappa shape index (κ3) is 2.85. The van der Waals surface area contributed by atoms with E-state index < -0.39 is 0 Å². The van der Waals surface area contributed by atoms with E-state index in [1.54, 1.807) is 17.9 Å². The molecule has 3 aromatic carbocycles. The molecule has 0 saturated carbocycles. The molecule has 0 aliphatic heterocycles. The van der Waals surface area contributed by atoms with Crippen LogP contribution in [0.3, 0.4) is 0 Å². The molecule has 0 radical (unpaired) electrons. The Bertz CT molecular complexity index is 1450. The summed E-state index contributed by atoms with van der Waals surface area (Å²) in [7, 11) is 1.64. The molecule has 2 aromatic heterocycles. The largest absolute Gasteiger partial charge is 0.497 e. The van der Waals surface area contributed by atoms with Crippen LogP contribution in [0.1, 0.15) is 5.56 Å². The molecule has 5 aromatic rings. The van der Waals surface area contributed by atoms with Crippen LogP contribution in [0, 0.1) is 6.92 Å². The quantitative estimate of drug-likeness (QED) is 0.406. The Morgan fingerprint density at radius 2 is 1.63 bits per heavy atom. The number of ether oxygens (including phenoxy) is 1. The molecule has 0 fully saturated rings. The van der Waals surface area contributed by atoms with Crippen molar-refractivity contribution in [2.24, 2.45) is 0 Å². The highest BCUT2D eigenvalue weighted by molar-refractivity contribution is 5.91. The lowest BCUT2D eigenvalue weighted by Gasteiger charge is -2.18. The first kappa shape index (κ1) is 18.1. The van der Waals surface area contributed by atoms with E-state index in [1.165, 1.54) is 0 Å². The van der Waals surface area contributed by atoms with E-state index in [0.717, 1.165) is 44.5 Å². The number of benzene rings is 3. The van der Waals surface area contributed by atoms with Gasteiger partial charge in [0, 0.05) is 17.0 Å². The molecule has 4 heteroatoms. The Kier molecular flexibility index (Phi) is 4.32. The summed E-state index contributed by atoms with van der Waals surface area (Å²) >= 11 is 0. The van der Waals surface area contributed by atoms with Gasteiger partial charge in [-0.25, -0.2) is 0 Å². The smallest absolute Gasteiger partial charge is 0.263 e. The standard InChI is InChI=1S/C26H20N2O2/c1-17-9-10-19-7-5-15-27-24(19)25(17)28-23(18-11-13-21(30-2)14-12-18)16-20-6-3-4-8-22(20)26(28)29/h3-16H,1-2H3. The first-order chi connectivity index (χ1) is 14.7. The maximum Gasteiger partial charge on any atom is 0.263 e. The zero-order chi connectivity index (χ0) is 20.7. The molecule has 0 atom stereocenters. The minimum absolute atomic E-state index is 0.0554. The van der Waals surface area contributed by atoms with E-state index in [0.29, 0.717) is 5.39 Å². The molecule has 146 valence electrons. The van der Waals surface area contributed by atoms with Crippen molar-refractivity contribution in [1.82, 2.24) is 9.55 Å². The number of fused-ring (bicyclic) bond motifs is 2. The zero-order valence-corrected chi connectivity index (χ0v) is 16.8. The minimum Gasteiger partial charge on any atom is -0.497 e. The Morgan fingerprint density at radius 1 is 0.867 bits per heavy atom. The summed E-state index contributed by atoms with van der Waals surface area (Å²) in [5.41, 5.74) is 4.32. The molecule has 0 saturated heterocycles. The van der Waals surface area contributed by atoms with Crippen molar-refractivity contribution in [2.45, 2.75) is 6.92 Å². The summed E-state index contributed by atoms with van der Waals surface area (Å²) < 4.78 is 7.11. The Labute approximate surface area is 174 Å². The molecule has 0 aliphatic carbocycles. The summed E-state index contributed by atoms with van der Waals surface area (Å²) in [6, 6.07) is 25.6. The van der Waals surface area contributed by atoms with Crippen LogP contribution >= 0.6 is 0 Å². The molecular weight excluding hydrogens is 372 g/mol. The van der Waals surface area contributed by atoms with Gasteiger partial charge >= 0.3 is 0 Å². The number of aromatic nitrogens is 2. The molecule has 0 aliphatic rings. The highest BCUT2D eigenvalue weighted by Crippen LogP contribution is 2.31. The summed E-state index contributed by atoms with van der Waals surface area (Å²) in [6.07, 6.45) is 1.77. The predicted octanol–water partition coefficient (Wildman–Crippen LogP) is 5.52. The maximum absolute atomic E-state index is 13.8. The van der Waals surface area contributed by atoms with E-state index in [4.69, 9.17) is 4.74 Å². The SMILES string of the molecule is COc1ccc(-c2cc3ccccc3c(=O)n2-c2c(C)ccc3cccnc23)cc1. The second-order valence-corrected chi connectivity index (χ2v) is 7.29. The van der Waals surface area contributed by atoms with Crippen LogP contribution in [0.5, 0.6) is 5.75 Å². The highest BCUT2D eigenvalue weighted by atomic mass is 16.5. The number of methoxy groups -OCH3 is 1. The molecular formula is C26H20N2O2. The van der Waals surface area contributed by atoms with Crippen molar-refractivity contribution in [3.05, 3.63) is 101 Å². The van der Waals surface area contributed by atoms with Crippen molar-refractivity contribution in [3.8, 4) is 22.7 Å². The second kappa shape index (κ2) is 7.16. The minimum atomic E-state index is -0.0554. The molecule has 0 unspecified atom stereocenters. The van der Waals surface area contributed by atoms with Crippen LogP contribution in [-0.4, -0.2) is 16.7 Å². The Morgan fingerprint density at radius 3 is 2.43 bits per heavy atom. The lowest BCUT2D eigenvalue weighted by atomic mass is 10.0. The lowest BCUT2D eigenvalue weighted by Crippen LogP contribution is -2.21. The molecule has 4 nitrogen and oxygen atoms in total. The Hall–Kier alpha value is -3.92. The van der Waals surface area contributed by atoms with Gasteiger partial charge in [-0.3, -0.25) is 14.3 Å². The van der Waals surface area contributed by atoms with Gasteiger partial charge in [0.15, 0.2) is 0 Å². The highest BCUT2D eigenvalue weighted by Gasteiger charge is 2.17. The van der Waals surface area contributed by atoms with Crippen molar-refractivity contribution in [3.63, 3.8) is 0 Å². The van der Waals surface area contributed by atoms with Gasteiger partial charge in [0.1, 0.15) is 5.75 Å². The summed E-state index contributed by atoms with van der Waals surface area (Å²) in [5.74, 6) is 0.774. The molecule has 5 rings (SSSR count). The first-order valence-corrected chi connectivity index (χ1v) is 9.81. The number of rotatable bonds is 3. The summed E-state index contributed by atoms with van der Waals surface area (Å²) in [6.45, 7) is 2.02. The van der Waals surface area contributed by atoms with E-state index in [1.807, 2.05) is 79.7 Å². The molecule has 0 bridgehead atoms. The van der Waals surface area contributed by atoms with Crippen LogP contribution in [0.15, 0.2) is 89.9 Å². The first-order valence-electron chi connectivity index (χ1n) is 9.81. The monoisotopic (exact) mass is 392 g/mol. The number of hydrogen-bond donors (Lipinski definition) is 0. The predicted molar refractivity (Wildman–Crippen MR) is 122 cm³/mol. The van der Waals surface area contributed by atoms with Gasteiger partial charge in [0.05, 0.1) is 24.0 Å². The fourth-order valence-corrected chi connectivity index (χ4v) is 3.97. The van der Waals surface area contributed by atoms with E-state index in [9.17, 15) is 4.79 Å². The number of pyridine rings is 2. The van der Waals surface area contributed by atoms with Crippen LogP contribution in [-0.2, 0) is 0 Å². The van der Waals surface area contributed by atoms with Crippen LogP contribution < -0.4 is 10.3 Å². The van der Waals surface area contributed by atoms with Gasteiger partial charge in [-0.1, -0.05) is 36.4 Å². The fourth-order valence-electron chi connectivity index (χ4n) is 3.97. The third-order valence-electron chi connectivity index (χ3n) is 5.49. The molecule has 0 N–H and O–H groups in total. The van der Waals surface area contributed by atoms with E-state index in [-0.39, 0.29) is 5.56 Å². The van der Waals surface area contributed by atoms with Gasteiger partial charge in [0.2, 0.25) is 0 Å². The molecule has 0 amide bonds. The fraction of sp³-hybridized carbons (Fsp3) is 0.0769. The number of aryl methyl sites for hydroxylation is 1. The van der Waals surface area contributed by atoms with Gasteiger partial charge in [-0.15, -0.1) is 0 Å². The van der Waals surface area contributed by atoms with Gasteiger partial charge < -0.3 is 4.74 Å². The zero-order valence-electron chi connectivity index (χ0n) is 16.8. The van der Waals surface area contributed by atoms with Crippen molar-refractivity contribution in [1.29, 1.82) is 0 Å². The normalized spacial score (nSPS) is 11.1. The molecule has 30 heavy (non-hydrogen) atoms. The third-order valence-corrected chi connectivity index (χ3v) is 5.49. The average molecular weight is 392 g/mol. The lowest BCUT2D eigenvalue weighted by molar-refractivity contribution is 0.415. The van der Waals surface area contributed by atoms with Crippen LogP contribution in [0.4, 0.5) is 0 Å². The second-order valence-electron chi connectivity index (χ2n) is 7.29. The molecule has 0 spiro atoms. The summed E-state index contributed by atoms with van der Waals surface area (Å²) in [5, 5.41) is 2.59. The van der Waals surface area contributed by atoms with Crippen LogP contribution in [0.25, 0.3) is 38.6 Å². The Balaban J connectivity index is 1.93. The molecule has 2 heterocycles. The van der Waals surface area contributed by atoms with Crippen molar-refractivity contribution < 1.29 is 4.74 Å². The van der Waals surface area contributed by atoms with E-state index >= 15 is 0 Å². The van der Waals surface area contributed by atoms with E-state index in [2.05, 4.69) is 11.1 Å². The van der Waals surface area contributed by atoms with Gasteiger partial charge in [-0.05, 0) is 65.9 Å².